The molecule has 0 aromatic heterocycles. The van der Waals surface area contributed by atoms with Crippen molar-refractivity contribution in [3.05, 3.63) is 90.5 Å². The molecule has 4 aromatic rings. The topological polar surface area (TPSA) is 20.3 Å². The van der Waals surface area contributed by atoms with Gasteiger partial charge >= 0.3 is 0 Å². The van der Waals surface area contributed by atoms with E-state index in [4.69, 9.17) is 0 Å². The monoisotopic (exact) mass is 311 g/mol. The number of hydrogen-bond donors (Lipinski definition) is 0. The lowest BCUT2D eigenvalue weighted by atomic mass is 9.98. The highest BCUT2D eigenvalue weighted by atomic mass is 16.2. The van der Waals surface area contributed by atoms with E-state index < -0.39 is 0 Å². The maximum atomic E-state index is 13.0. The van der Waals surface area contributed by atoms with Crippen molar-refractivity contribution >= 4 is 33.1 Å². The first-order valence-corrected chi connectivity index (χ1v) is 7.99. The summed E-state index contributed by atoms with van der Waals surface area (Å²) >= 11 is 0. The molecule has 2 heteroatoms. The van der Waals surface area contributed by atoms with Crippen LogP contribution in [0.3, 0.4) is 0 Å². The molecule has 0 saturated heterocycles. The molecule has 4 rings (SSSR count). The summed E-state index contributed by atoms with van der Waals surface area (Å²) in [7, 11) is 1.82. The SMILES string of the molecule is CN(C(=O)c1cccc2c1ccc1ccccc12)c1ccccc1. The molecule has 0 unspecified atom stereocenters. The zero-order valence-electron chi connectivity index (χ0n) is 13.4. The molecule has 4 aromatic carbocycles. The van der Waals surface area contributed by atoms with E-state index in [0.29, 0.717) is 0 Å². The zero-order chi connectivity index (χ0) is 16.5. The lowest BCUT2D eigenvalue weighted by molar-refractivity contribution is 0.0994. The molecule has 116 valence electrons. The van der Waals surface area contributed by atoms with Crippen LogP contribution in [0, 0.1) is 0 Å². The fourth-order valence-electron chi connectivity index (χ4n) is 3.18. The summed E-state index contributed by atoms with van der Waals surface area (Å²) in [5, 5.41) is 4.46. The van der Waals surface area contributed by atoms with Crippen LogP contribution in [0.4, 0.5) is 5.69 Å². The van der Waals surface area contributed by atoms with Crippen LogP contribution in [0.1, 0.15) is 10.4 Å². The van der Waals surface area contributed by atoms with Gasteiger partial charge in [0.1, 0.15) is 0 Å². The standard InChI is InChI=1S/C22H17NO/c1-23(17-9-3-2-4-10-17)22(24)21-13-7-12-19-18-11-6-5-8-16(18)14-15-20(19)21/h2-15H,1H3. The van der Waals surface area contributed by atoms with Gasteiger partial charge in [-0.1, -0.05) is 66.7 Å². The molecule has 1 amide bonds. The number of carbonyl (C=O) groups is 1. The molecule has 0 N–H and O–H groups in total. The summed E-state index contributed by atoms with van der Waals surface area (Å²) < 4.78 is 0. The first-order valence-electron chi connectivity index (χ1n) is 7.99. The molecular weight excluding hydrogens is 294 g/mol. The number of hydrogen-bond acceptors (Lipinski definition) is 1. The van der Waals surface area contributed by atoms with Crippen LogP contribution in [-0.4, -0.2) is 13.0 Å². The second-order valence-corrected chi connectivity index (χ2v) is 5.89. The van der Waals surface area contributed by atoms with E-state index in [1.54, 1.807) is 4.90 Å². The molecule has 2 nitrogen and oxygen atoms in total. The first-order chi connectivity index (χ1) is 11.8. The molecule has 0 radical (unpaired) electrons. The Balaban J connectivity index is 1.88. The minimum Gasteiger partial charge on any atom is -0.311 e. The van der Waals surface area contributed by atoms with Crippen LogP contribution >= 0.6 is 0 Å². The fourth-order valence-corrected chi connectivity index (χ4v) is 3.18. The Hall–Kier alpha value is -3.13. The maximum absolute atomic E-state index is 13.0. The van der Waals surface area contributed by atoms with Crippen molar-refractivity contribution < 1.29 is 4.79 Å². The molecular formula is C22H17NO. The number of benzene rings is 4. The number of carbonyl (C=O) groups excluding carboxylic acids is 1. The van der Waals surface area contributed by atoms with E-state index in [2.05, 4.69) is 24.3 Å². The zero-order valence-corrected chi connectivity index (χ0v) is 13.4. The van der Waals surface area contributed by atoms with Crippen molar-refractivity contribution in [2.75, 3.05) is 11.9 Å². The maximum Gasteiger partial charge on any atom is 0.258 e. The second kappa shape index (κ2) is 5.82. The van der Waals surface area contributed by atoms with Crippen LogP contribution in [0.2, 0.25) is 0 Å². The molecule has 0 atom stereocenters. The highest BCUT2D eigenvalue weighted by molar-refractivity contribution is 6.18. The summed E-state index contributed by atoms with van der Waals surface area (Å²) in [6.45, 7) is 0. The number of nitrogens with zero attached hydrogens (tertiary/aromatic N) is 1. The van der Waals surface area contributed by atoms with Crippen LogP contribution < -0.4 is 4.90 Å². The Labute approximate surface area is 141 Å². The third-order valence-corrected chi connectivity index (χ3v) is 4.47. The van der Waals surface area contributed by atoms with Gasteiger partial charge in [-0.05, 0) is 39.7 Å². The number of anilines is 1. The van der Waals surface area contributed by atoms with E-state index in [0.717, 1.165) is 22.0 Å². The van der Waals surface area contributed by atoms with Gasteiger partial charge in [-0.15, -0.1) is 0 Å². The first kappa shape index (κ1) is 14.5. The Kier molecular flexibility index (Phi) is 3.51. The fraction of sp³-hybridized carbons (Fsp3) is 0.0455. The predicted octanol–water partition coefficient (Wildman–Crippen LogP) is 5.27. The molecule has 0 heterocycles. The van der Waals surface area contributed by atoms with Gasteiger partial charge in [0, 0.05) is 18.3 Å². The van der Waals surface area contributed by atoms with Gasteiger partial charge in [0.2, 0.25) is 0 Å². The molecule has 0 fully saturated rings. The highest BCUT2D eigenvalue weighted by Crippen LogP contribution is 2.28. The summed E-state index contributed by atoms with van der Waals surface area (Å²) in [6, 6.07) is 28.1. The average molecular weight is 311 g/mol. The molecule has 0 aliphatic heterocycles. The lowest BCUT2D eigenvalue weighted by Gasteiger charge is -2.18. The number of amides is 1. The highest BCUT2D eigenvalue weighted by Gasteiger charge is 2.16. The third-order valence-electron chi connectivity index (χ3n) is 4.47. The van der Waals surface area contributed by atoms with E-state index in [1.165, 1.54) is 10.8 Å². The molecule has 0 aliphatic carbocycles. The molecule has 0 bridgehead atoms. The van der Waals surface area contributed by atoms with Crippen LogP contribution in [0.5, 0.6) is 0 Å². The van der Waals surface area contributed by atoms with Gasteiger partial charge < -0.3 is 4.90 Å². The van der Waals surface area contributed by atoms with Crippen molar-refractivity contribution in [3.63, 3.8) is 0 Å². The normalized spacial score (nSPS) is 10.9. The average Bonchev–Trinajstić information content (AvgIpc) is 2.67. The summed E-state index contributed by atoms with van der Waals surface area (Å²) in [5.41, 5.74) is 1.62. The summed E-state index contributed by atoms with van der Waals surface area (Å²) in [6.07, 6.45) is 0. The van der Waals surface area contributed by atoms with Gasteiger partial charge in [0.05, 0.1) is 0 Å². The predicted molar refractivity (Wildman–Crippen MR) is 101 cm³/mol. The van der Waals surface area contributed by atoms with Gasteiger partial charge in [0.15, 0.2) is 0 Å². The van der Waals surface area contributed by atoms with Gasteiger partial charge in [-0.25, -0.2) is 0 Å². The number of fused-ring (bicyclic) bond motifs is 3. The van der Waals surface area contributed by atoms with E-state index in [-0.39, 0.29) is 5.91 Å². The Morgan fingerprint density at radius 3 is 2.21 bits per heavy atom. The van der Waals surface area contributed by atoms with Crippen LogP contribution in [0.15, 0.2) is 84.9 Å². The van der Waals surface area contributed by atoms with Gasteiger partial charge in [-0.2, -0.15) is 0 Å². The summed E-state index contributed by atoms with van der Waals surface area (Å²) in [5.74, 6) is 0.00193. The minimum atomic E-state index is 0.00193. The van der Waals surface area contributed by atoms with E-state index in [1.807, 2.05) is 67.7 Å². The Morgan fingerprint density at radius 2 is 1.38 bits per heavy atom. The Morgan fingerprint density at radius 1 is 0.667 bits per heavy atom. The largest absolute Gasteiger partial charge is 0.311 e. The summed E-state index contributed by atoms with van der Waals surface area (Å²) in [4.78, 5) is 14.7. The third kappa shape index (κ3) is 2.33. The van der Waals surface area contributed by atoms with Gasteiger partial charge in [0.25, 0.3) is 5.91 Å². The number of para-hydroxylation sites is 1. The van der Waals surface area contributed by atoms with Crippen molar-refractivity contribution in [1.82, 2.24) is 0 Å². The van der Waals surface area contributed by atoms with Crippen molar-refractivity contribution in [2.24, 2.45) is 0 Å². The molecule has 0 aliphatic rings. The minimum absolute atomic E-state index is 0.00193. The second-order valence-electron chi connectivity index (χ2n) is 5.89. The van der Waals surface area contributed by atoms with E-state index >= 15 is 0 Å². The molecule has 0 saturated carbocycles. The van der Waals surface area contributed by atoms with E-state index in [9.17, 15) is 4.79 Å². The molecule has 24 heavy (non-hydrogen) atoms. The Bertz CT molecular complexity index is 1040. The van der Waals surface area contributed by atoms with Crippen molar-refractivity contribution in [2.45, 2.75) is 0 Å². The van der Waals surface area contributed by atoms with Crippen LogP contribution in [-0.2, 0) is 0 Å². The number of rotatable bonds is 2. The van der Waals surface area contributed by atoms with Crippen LogP contribution in [0.25, 0.3) is 21.5 Å². The van der Waals surface area contributed by atoms with Gasteiger partial charge in [-0.3, -0.25) is 4.79 Å². The lowest BCUT2D eigenvalue weighted by Crippen LogP contribution is -2.26. The molecule has 0 spiro atoms. The van der Waals surface area contributed by atoms with Crippen molar-refractivity contribution in [1.29, 1.82) is 0 Å². The van der Waals surface area contributed by atoms with Crippen molar-refractivity contribution in [3.8, 4) is 0 Å². The quantitative estimate of drug-likeness (QED) is 0.462. The smallest absolute Gasteiger partial charge is 0.258 e.